The summed E-state index contributed by atoms with van der Waals surface area (Å²) in [7, 11) is 0. The highest BCUT2D eigenvalue weighted by molar-refractivity contribution is 8.02. The molecule has 0 radical (unpaired) electrons. The van der Waals surface area contributed by atoms with Crippen LogP contribution in [0.2, 0.25) is 0 Å². The normalized spacial score (nSPS) is 29.4. The Hall–Kier alpha value is -0.740. The number of hydrogen-bond acceptors (Lipinski definition) is 3. The first kappa shape index (κ1) is 8.84. The summed E-state index contributed by atoms with van der Waals surface area (Å²) in [5.41, 5.74) is 7.13. The fraction of sp³-hybridized carbons (Fsp3) is 0.444. The van der Waals surface area contributed by atoms with Crippen molar-refractivity contribution in [1.82, 2.24) is 10.2 Å². The lowest BCUT2D eigenvalue weighted by atomic mass is 9.95. The summed E-state index contributed by atoms with van der Waals surface area (Å²) >= 11 is 1.82. The van der Waals surface area contributed by atoms with Crippen molar-refractivity contribution in [2.24, 2.45) is 11.7 Å². The fourth-order valence-electron chi connectivity index (χ4n) is 1.58. The van der Waals surface area contributed by atoms with Crippen molar-refractivity contribution in [3.8, 4) is 0 Å². The number of H-pyrrole nitrogens is 1. The van der Waals surface area contributed by atoms with E-state index in [0.29, 0.717) is 11.2 Å². The van der Waals surface area contributed by atoms with Crippen molar-refractivity contribution in [1.29, 1.82) is 0 Å². The first-order chi connectivity index (χ1) is 6.29. The molecule has 3 N–H and O–H groups in total. The van der Waals surface area contributed by atoms with Crippen LogP contribution < -0.4 is 5.73 Å². The van der Waals surface area contributed by atoms with E-state index >= 15 is 0 Å². The van der Waals surface area contributed by atoms with Crippen molar-refractivity contribution >= 4 is 11.8 Å². The molecule has 3 nitrogen and oxygen atoms in total. The monoisotopic (exact) mass is 195 g/mol. The van der Waals surface area contributed by atoms with E-state index in [1.807, 2.05) is 31.1 Å². The maximum absolute atomic E-state index is 5.90. The second-order valence-electron chi connectivity index (χ2n) is 3.35. The molecular weight excluding hydrogens is 182 g/mol. The minimum absolute atomic E-state index is 0.200. The third kappa shape index (κ3) is 1.64. The van der Waals surface area contributed by atoms with E-state index in [9.17, 15) is 0 Å². The Morgan fingerprint density at radius 2 is 2.54 bits per heavy atom. The van der Waals surface area contributed by atoms with Gasteiger partial charge in [-0.3, -0.25) is 5.10 Å². The molecule has 4 heteroatoms. The van der Waals surface area contributed by atoms with Gasteiger partial charge in [0.1, 0.15) is 0 Å². The Labute approximate surface area is 81.8 Å². The van der Waals surface area contributed by atoms with Gasteiger partial charge in [-0.2, -0.15) is 5.10 Å². The van der Waals surface area contributed by atoms with Crippen LogP contribution in [0.5, 0.6) is 0 Å². The van der Waals surface area contributed by atoms with Crippen molar-refractivity contribution in [3.05, 3.63) is 29.4 Å². The molecule has 2 heterocycles. The van der Waals surface area contributed by atoms with Gasteiger partial charge in [-0.15, -0.1) is 11.8 Å². The van der Waals surface area contributed by atoms with Crippen LogP contribution in [0.4, 0.5) is 0 Å². The Bertz CT molecular complexity index is 292. The highest BCUT2D eigenvalue weighted by Gasteiger charge is 2.28. The van der Waals surface area contributed by atoms with Crippen molar-refractivity contribution < 1.29 is 0 Å². The van der Waals surface area contributed by atoms with Gasteiger partial charge in [0, 0.05) is 29.0 Å². The molecule has 1 aliphatic rings. The smallest absolute Gasteiger partial charge is 0.0530 e. The molecule has 1 aliphatic heterocycles. The quantitative estimate of drug-likeness (QED) is 0.754. The molecule has 0 bridgehead atoms. The lowest BCUT2D eigenvalue weighted by Gasteiger charge is -2.20. The first-order valence-corrected chi connectivity index (χ1v) is 5.29. The highest BCUT2D eigenvalue weighted by atomic mass is 32.2. The van der Waals surface area contributed by atoms with Gasteiger partial charge in [-0.1, -0.05) is 6.08 Å². The highest BCUT2D eigenvalue weighted by Crippen LogP contribution is 2.43. The Morgan fingerprint density at radius 3 is 3.15 bits per heavy atom. The van der Waals surface area contributed by atoms with E-state index in [-0.39, 0.29) is 6.04 Å². The van der Waals surface area contributed by atoms with Gasteiger partial charge in [0.2, 0.25) is 0 Å². The average molecular weight is 195 g/mol. The largest absolute Gasteiger partial charge is 0.327 e. The lowest BCUT2D eigenvalue weighted by Crippen LogP contribution is -2.27. The Kier molecular flexibility index (Phi) is 2.42. The predicted octanol–water partition coefficient (Wildman–Crippen LogP) is 1.67. The van der Waals surface area contributed by atoms with Gasteiger partial charge < -0.3 is 5.73 Å². The SMILES string of the molecule is CC(N)C1C=CS[C@@H]1c1cn[nH]c1. The number of hydrogen-bond donors (Lipinski definition) is 2. The topological polar surface area (TPSA) is 54.7 Å². The summed E-state index contributed by atoms with van der Waals surface area (Å²) in [6.07, 6.45) is 6.01. The molecule has 0 aromatic carbocycles. The summed E-state index contributed by atoms with van der Waals surface area (Å²) in [6.45, 7) is 2.05. The van der Waals surface area contributed by atoms with Crippen LogP contribution in [0.25, 0.3) is 0 Å². The molecule has 0 spiro atoms. The van der Waals surface area contributed by atoms with E-state index < -0.39 is 0 Å². The predicted molar refractivity (Wildman–Crippen MR) is 55.2 cm³/mol. The van der Waals surface area contributed by atoms with E-state index in [0.717, 1.165) is 0 Å². The number of rotatable bonds is 2. The number of nitrogens with one attached hydrogen (secondary N) is 1. The third-order valence-electron chi connectivity index (χ3n) is 2.33. The minimum atomic E-state index is 0.200. The van der Waals surface area contributed by atoms with Crippen LogP contribution in [0.15, 0.2) is 23.9 Å². The molecule has 2 rings (SSSR count). The van der Waals surface area contributed by atoms with Crippen molar-refractivity contribution in [2.75, 3.05) is 0 Å². The number of nitrogens with two attached hydrogens (primary N) is 1. The van der Waals surface area contributed by atoms with Crippen LogP contribution in [0.1, 0.15) is 17.7 Å². The standard InChI is InChI=1S/C9H13N3S/c1-6(10)8-2-3-13-9(8)7-4-11-12-5-7/h2-6,8-9H,10H2,1H3,(H,11,12)/t6?,8?,9-/m1/s1. The van der Waals surface area contributed by atoms with E-state index in [2.05, 4.69) is 21.7 Å². The number of aromatic amines is 1. The van der Waals surface area contributed by atoms with Crippen LogP contribution in [-0.4, -0.2) is 16.2 Å². The van der Waals surface area contributed by atoms with Crippen LogP contribution >= 0.6 is 11.8 Å². The van der Waals surface area contributed by atoms with E-state index in [1.54, 1.807) is 0 Å². The molecule has 0 saturated heterocycles. The molecule has 2 unspecified atom stereocenters. The lowest BCUT2D eigenvalue weighted by molar-refractivity contribution is 0.531. The van der Waals surface area contributed by atoms with Gasteiger partial charge in [0.25, 0.3) is 0 Å². The van der Waals surface area contributed by atoms with Crippen LogP contribution in [0, 0.1) is 5.92 Å². The molecular formula is C9H13N3S. The number of aromatic nitrogens is 2. The zero-order valence-corrected chi connectivity index (χ0v) is 8.29. The first-order valence-electron chi connectivity index (χ1n) is 4.35. The second kappa shape index (κ2) is 3.55. The van der Waals surface area contributed by atoms with Gasteiger partial charge in [0.05, 0.1) is 6.20 Å². The maximum atomic E-state index is 5.90. The molecule has 0 saturated carbocycles. The molecule has 70 valence electrons. The Balaban J connectivity index is 2.17. The zero-order valence-electron chi connectivity index (χ0n) is 7.47. The number of nitrogens with zero attached hydrogens (tertiary/aromatic N) is 1. The van der Waals surface area contributed by atoms with Crippen LogP contribution in [0.3, 0.4) is 0 Å². The van der Waals surface area contributed by atoms with Gasteiger partial charge >= 0.3 is 0 Å². The van der Waals surface area contributed by atoms with Gasteiger partial charge in [-0.25, -0.2) is 0 Å². The summed E-state index contributed by atoms with van der Waals surface area (Å²) in [5.74, 6) is 0.433. The van der Waals surface area contributed by atoms with Crippen LogP contribution in [-0.2, 0) is 0 Å². The van der Waals surface area contributed by atoms with Crippen molar-refractivity contribution in [3.63, 3.8) is 0 Å². The third-order valence-corrected chi connectivity index (χ3v) is 3.52. The van der Waals surface area contributed by atoms with E-state index in [4.69, 9.17) is 5.73 Å². The molecule has 1 aromatic rings. The summed E-state index contributed by atoms with van der Waals surface area (Å²) in [6, 6.07) is 0.200. The molecule has 0 amide bonds. The van der Waals surface area contributed by atoms with Gasteiger partial charge in [-0.05, 0) is 12.3 Å². The second-order valence-corrected chi connectivity index (χ2v) is 4.41. The minimum Gasteiger partial charge on any atom is -0.327 e. The molecule has 0 aliphatic carbocycles. The maximum Gasteiger partial charge on any atom is 0.0530 e. The van der Waals surface area contributed by atoms with Crippen molar-refractivity contribution in [2.45, 2.75) is 18.2 Å². The fourth-order valence-corrected chi connectivity index (χ4v) is 2.83. The molecule has 13 heavy (non-hydrogen) atoms. The molecule has 3 atom stereocenters. The average Bonchev–Trinajstić information content (AvgIpc) is 2.74. The zero-order chi connectivity index (χ0) is 9.26. The molecule has 0 fully saturated rings. The number of thioether (sulfide) groups is 1. The summed E-state index contributed by atoms with van der Waals surface area (Å²) in [5, 5.41) is 9.36. The molecule has 1 aromatic heterocycles. The summed E-state index contributed by atoms with van der Waals surface area (Å²) in [4.78, 5) is 0. The van der Waals surface area contributed by atoms with Gasteiger partial charge in [0.15, 0.2) is 0 Å². The Morgan fingerprint density at radius 1 is 1.69 bits per heavy atom. The summed E-state index contributed by atoms with van der Waals surface area (Å²) < 4.78 is 0. The van der Waals surface area contributed by atoms with E-state index in [1.165, 1.54) is 5.56 Å².